The molecule has 0 unspecified atom stereocenters. The van der Waals surface area contributed by atoms with Gasteiger partial charge in [-0.2, -0.15) is 5.10 Å². The number of hydrogen-bond acceptors (Lipinski definition) is 2. The lowest BCUT2D eigenvalue weighted by atomic mass is 10.1. The largest absolute Gasteiger partial charge is 0.390 e. The van der Waals surface area contributed by atoms with Crippen molar-refractivity contribution < 1.29 is 5.11 Å². The van der Waals surface area contributed by atoms with Crippen LogP contribution in [-0.2, 0) is 6.61 Å². The molecule has 3 nitrogen and oxygen atoms in total. The van der Waals surface area contributed by atoms with Crippen LogP contribution in [0.3, 0.4) is 0 Å². The fourth-order valence-corrected chi connectivity index (χ4v) is 2.15. The molecule has 0 bridgehead atoms. The summed E-state index contributed by atoms with van der Waals surface area (Å²) in [6.07, 6.45) is 0. The van der Waals surface area contributed by atoms with E-state index >= 15 is 0 Å². The second kappa shape index (κ2) is 5.24. The topological polar surface area (TPSA) is 38.0 Å². The Morgan fingerprint density at radius 3 is 2.61 bits per heavy atom. The molecule has 0 aliphatic heterocycles. The van der Waals surface area contributed by atoms with Crippen LogP contribution in [0.1, 0.15) is 36.7 Å². The zero-order chi connectivity index (χ0) is 13.3. The summed E-state index contributed by atoms with van der Waals surface area (Å²) in [4.78, 5) is 0. The van der Waals surface area contributed by atoms with E-state index in [4.69, 9.17) is 0 Å². The van der Waals surface area contributed by atoms with Gasteiger partial charge in [0.15, 0.2) is 0 Å². The highest BCUT2D eigenvalue weighted by Gasteiger charge is 2.12. The molecule has 96 valence electrons. The SMILES string of the molecule is Cc1cc(-n2nc(CO)cc2C(C)C)ccc1Br. The molecule has 0 saturated heterocycles. The average molecular weight is 309 g/mol. The summed E-state index contributed by atoms with van der Waals surface area (Å²) in [5.41, 5.74) is 4.02. The Labute approximate surface area is 116 Å². The maximum Gasteiger partial charge on any atom is 0.0886 e. The first kappa shape index (κ1) is 13.3. The van der Waals surface area contributed by atoms with E-state index in [2.05, 4.69) is 47.9 Å². The molecular formula is C14H17BrN2O. The summed E-state index contributed by atoms with van der Waals surface area (Å²) < 4.78 is 3.00. The highest BCUT2D eigenvalue weighted by molar-refractivity contribution is 9.10. The van der Waals surface area contributed by atoms with E-state index in [1.165, 1.54) is 5.56 Å². The highest BCUT2D eigenvalue weighted by Crippen LogP contribution is 2.24. The molecule has 18 heavy (non-hydrogen) atoms. The zero-order valence-electron chi connectivity index (χ0n) is 10.8. The molecule has 0 fully saturated rings. The van der Waals surface area contributed by atoms with Crippen LogP contribution in [0, 0.1) is 6.92 Å². The van der Waals surface area contributed by atoms with Crippen molar-refractivity contribution in [2.45, 2.75) is 33.3 Å². The predicted molar refractivity (Wildman–Crippen MR) is 76.0 cm³/mol. The van der Waals surface area contributed by atoms with Crippen LogP contribution in [0.5, 0.6) is 0 Å². The second-order valence-electron chi connectivity index (χ2n) is 4.72. The monoisotopic (exact) mass is 308 g/mol. The normalized spacial score (nSPS) is 11.2. The van der Waals surface area contributed by atoms with Gasteiger partial charge in [-0.3, -0.25) is 0 Å². The van der Waals surface area contributed by atoms with Gasteiger partial charge in [-0.1, -0.05) is 29.8 Å². The molecular weight excluding hydrogens is 292 g/mol. The van der Waals surface area contributed by atoms with Gasteiger partial charge in [0.05, 0.1) is 18.0 Å². The number of aryl methyl sites for hydroxylation is 1. The minimum atomic E-state index is -0.0256. The number of rotatable bonds is 3. The van der Waals surface area contributed by atoms with Gasteiger partial charge in [0.25, 0.3) is 0 Å². The molecule has 1 heterocycles. The summed E-state index contributed by atoms with van der Waals surface area (Å²) in [7, 11) is 0. The third-order valence-electron chi connectivity index (χ3n) is 2.93. The van der Waals surface area contributed by atoms with Gasteiger partial charge in [-0.05, 0) is 42.7 Å². The van der Waals surface area contributed by atoms with Crippen molar-refractivity contribution in [3.63, 3.8) is 0 Å². The summed E-state index contributed by atoms with van der Waals surface area (Å²) in [5, 5.41) is 13.7. The molecule has 0 aliphatic carbocycles. The van der Waals surface area contributed by atoms with Crippen LogP contribution in [-0.4, -0.2) is 14.9 Å². The summed E-state index contributed by atoms with van der Waals surface area (Å²) in [6.45, 7) is 6.28. The molecule has 2 aromatic rings. The minimum Gasteiger partial charge on any atom is -0.390 e. The van der Waals surface area contributed by atoms with Gasteiger partial charge >= 0.3 is 0 Å². The lowest BCUT2D eigenvalue weighted by molar-refractivity contribution is 0.276. The smallest absolute Gasteiger partial charge is 0.0886 e. The van der Waals surface area contributed by atoms with Crippen molar-refractivity contribution in [3.05, 3.63) is 45.7 Å². The second-order valence-corrected chi connectivity index (χ2v) is 5.57. The van der Waals surface area contributed by atoms with Crippen LogP contribution in [0.4, 0.5) is 0 Å². The summed E-state index contributed by atoms with van der Waals surface area (Å²) in [6, 6.07) is 8.10. The number of nitrogens with zero attached hydrogens (tertiary/aromatic N) is 2. The molecule has 0 atom stereocenters. The first-order valence-electron chi connectivity index (χ1n) is 5.99. The number of halogens is 1. The Bertz CT molecular complexity index is 561. The Morgan fingerprint density at radius 2 is 2.06 bits per heavy atom. The average Bonchev–Trinajstić information content (AvgIpc) is 2.77. The molecule has 0 aliphatic rings. The van der Waals surface area contributed by atoms with Crippen molar-refractivity contribution >= 4 is 15.9 Å². The molecule has 0 amide bonds. The Morgan fingerprint density at radius 1 is 1.33 bits per heavy atom. The number of aliphatic hydroxyl groups excluding tert-OH is 1. The third kappa shape index (κ3) is 2.49. The zero-order valence-corrected chi connectivity index (χ0v) is 12.4. The standard InChI is InChI=1S/C14H17BrN2O/c1-9(2)14-7-11(8-18)16-17(14)12-4-5-13(15)10(3)6-12/h4-7,9,18H,8H2,1-3H3. The molecule has 2 rings (SSSR count). The van der Waals surface area contributed by atoms with Crippen molar-refractivity contribution in [2.75, 3.05) is 0 Å². The van der Waals surface area contributed by atoms with Crippen LogP contribution in [0.25, 0.3) is 5.69 Å². The number of aliphatic hydroxyl groups is 1. The van der Waals surface area contributed by atoms with E-state index in [9.17, 15) is 5.11 Å². The summed E-state index contributed by atoms with van der Waals surface area (Å²) in [5.74, 6) is 0.363. The van der Waals surface area contributed by atoms with Crippen LogP contribution < -0.4 is 0 Å². The number of aromatic nitrogens is 2. The van der Waals surface area contributed by atoms with Crippen molar-refractivity contribution in [1.82, 2.24) is 9.78 Å². The van der Waals surface area contributed by atoms with E-state index in [1.807, 2.05) is 22.9 Å². The highest BCUT2D eigenvalue weighted by atomic mass is 79.9. The van der Waals surface area contributed by atoms with E-state index in [1.54, 1.807) is 0 Å². The molecule has 0 spiro atoms. The van der Waals surface area contributed by atoms with Crippen molar-refractivity contribution in [2.24, 2.45) is 0 Å². The van der Waals surface area contributed by atoms with E-state index in [0.717, 1.165) is 15.9 Å². The van der Waals surface area contributed by atoms with E-state index in [0.29, 0.717) is 11.6 Å². The Balaban J connectivity index is 2.54. The minimum absolute atomic E-state index is 0.0256. The molecule has 1 aromatic carbocycles. The van der Waals surface area contributed by atoms with E-state index in [-0.39, 0.29) is 6.61 Å². The molecule has 0 radical (unpaired) electrons. The maximum atomic E-state index is 9.22. The van der Waals surface area contributed by atoms with Crippen LogP contribution in [0.2, 0.25) is 0 Å². The van der Waals surface area contributed by atoms with Gasteiger partial charge in [0.2, 0.25) is 0 Å². The van der Waals surface area contributed by atoms with Gasteiger partial charge < -0.3 is 5.11 Å². The third-order valence-corrected chi connectivity index (χ3v) is 3.82. The molecule has 0 saturated carbocycles. The van der Waals surface area contributed by atoms with Crippen LogP contribution >= 0.6 is 15.9 Å². The van der Waals surface area contributed by atoms with Gasteiger partial charge in [-0.15, -0.1) is 0 Å². The first-order chi connectivity index (χ1) is 8.52. The number of hydrogen-bond donors (Lipinski definition) is 1. The van der Waals surface area contributed by atoms with Gasteiger partial charge in [-0.25, -0.2) is 4.68 Å². The molecule has 4 heteroatoms. The Kier molecular flexibility index (Phi) is 3.88. The first-order valence-corrected chi connectivity index (χ1v) is 6.78. The maximum absolute atomic E-state index is 9.22. The van der Waals surface area contributed by atoms with Crippen molar-refractivity contribution in [3.8, 4) is 5.69 Å². The van der Waals surface area contributed by atoms with E-state index < -0.39 is 0 Å². The predicted octanol–water partition coefficient (Wildman–Crippen LogP) is 3.56. The summed E-state index contributed by atoms with van der Waals surface area (Å²) >= 11 is 3.50. The van der Waals surface area contributed by atoms with Gasteiger partial charge in [0.1, 0.15) is 0 Å². The quantitative estimate of drug-likeness (QED) is 0.941. The Hall–Kier alpha value is -1.13. The van der Waals surface area contributed by atoms with Crippen LogP contribution in [0.15, 0.2) is 28.7 Å². The molecule has 1 N–H and O–H groups in total. The number of benzene rings is 1. The fraction of sp³-hybridized carbons (Fsp3) is 0.357. The van der Waals surface area contributed by atoms with Crippen molar-refractivity contribution in [1.29, 1.82) is 0 Å². The molecule has 1 aromatic heterocycles. The lowest BCUT2D eigenvalue weighted by Gasteiger charge is -2.11. The fourth-order valence-electron chi connectivity index (χ4n) is 1.90. The lowest BCUT2D eigenvalue weighted by Crippen LogP contribution is -2.04. The van der Waals surface area contributed by atoms with Gasteiger partial charge in [0, 0.05) is 10.2 Å².